The highest BCUT2D eigenvalue weighted by molar-refractivity contribution is 9.10. The van der Waals surface area contributed by atoms with Crippen LogP contribution in [0.25, 0.3) is 0 Å². The molecule has 0 aliphatic rings. The van der Waals surface area contributed by atoms with Crippen LogP contribution in [0.1, 0.15) is 12.5 Å². The molecule has 20 heavy (non-hydrogen) atoms. The van der Waals surface area contributed by atoms with Crippen molar-refractivity contribution in [1.82, 2.24) is 4.90 Å². The number of halogens is 5. The first-order valence-electron chi connectivity index (χ1n) is 5.67. The molecule has 0 heterocycles. The molecule has 1 rings (SSSR count). The predicted molar refractivity (Wildman–Crippen MR) is 78.1 cm³/mol. The summed E-state index contributed by atoms with van der Waals surface area (Å²) >= 11 is 3.08. The van der Waals surface area contributed by atoms with Gasteiger partial charge < -0.3 is 10.5 Å². The lowest BCUT2D eigenvalue weighted by atomic mass is 10.2. The van der Waals surface area contributed by atoms with Gasteiger partial charge in [-0.2, -0.15) is 0 Å². The third kappa shape index (κ3) is 6.30. The van der Waals surface area contributed by atoms with E-state index in [0.717, 1.165) is 5.56 Å². The molecule has 1 aromatic rings. The highest BCUT2D eigenvalue weighted by Crippen LogP contribution is 2.31. The van der Waals surface area contributed by atoms with Crippen molar-refractivity contribution in [2.24, 2.45) is 5.73 Å². The minimum absolute atomic E-state index is 0. The molecule has 0 amide bonds. The topological polar surface area (TPSA) is 38.5 Å². The molecule has 0 saturated heterocycles. The maximum absolute atomic E-state index is 12.1. The Morgan fingerprint density at radius 1 is 1.40 bits per heavy atom. The van der Waals surface area contributed by atoms with Crippen molar-refractivity contribution in [3.63, 3.8) is 0 Å². The Morgan fingerprint density at radius 2 is 2.00 bits per heavy atom. The molecule has 0 saturated carbocycles. The molecule has 2 N–H and O–H groups in total. The number of ether oxygens (including phenoxy) is 1. The van der Waals surface area contributed by atoms with Crippen LogP contribution in [0.5, 0.6) is 5.75 Å². The van der Waals surface area contributed by atoms with Crippen molar-refractivity contribution in [3.05, 3.63) is 28.2 Å². The molecule has 0 aromatic heterocycles. The molecular formula is C12H17BrClF3N2O. The Balaban J connectivity index is 0.00000361. The second kappa shape index (κ2) is 8.07. The van der Waals surface area contributed by atoms with E-state index in [4.69, 9.17) is 5.73 Å². The molecule has 0 radical (unpaired) electrons. The quantitative estimate of drug-likeness (QED) is 0.853. The van der Waals surface area contributed by atoms with Crippen molar-refractivity contribution in [1.29, 1.82) is 0 Å². The van der Waals surface area contributed by atoms with E-state index in [1.54, 1.807) is 12.1 Å². The SMILES string of the molecule is CC(CN)N(C)Cc1ccc(OC(F)(F)F)c(Br)c1.Cl. The summed E-state index contributed by atoms with van der Waals surface area (Å²) in [5.41, 5.74) is 6.43. The van der Waals surface area contributed by atoms with E-state index in [-0.39, 0.29) is 28.7 Å². The van der Waals surface area contributed by atoms with Gasteiger partial charge in [0.05, 0.1) is 4.47 Å². The fourth-order valence-electron chi connectivity index (χ4n) is 1.47. The summed E-state index contributed by atoms with van der Waals surface area (Å²) in [5.74, 6) is -0.245. The van der Waals surface area contributed by atoms with Crippen LogP contribution in [-0.4, -0.2) is 30.9 Å². The van der Waals surface area contributed by atoms with Gasteiger partial charge in [0, 0.05) is 19.1 Å². The summed E-state index contributed by atoms with van der Waals surface area (Å²) in [6, 6.07) is 4.71. The number of hydrogen-bond donors (Lipinski definition) is 1. The number of nitrogens with two attached hydrogens (primary N) is 1. The van der Waals surface area contributed by atoms with Gasteiger partial charge in [0.25, 0.3) is 0 Å². The first-order valence-corrected chi connectivity index (χ1v) is 6.46. The van der Waals surface area contributed by atoms with Crippen LogP contribution in [0.15, 0.2) is 22.7 Å². The first kappa shape index (κ1) is 19.5. The number of alkyl halides is 3. The third-order valence-corrected chi connectivity index (χ3v) is 3.37. The van der Waals surface area contributed by atoms with Crippen molar-refractivity contribution in [2.45, 2.75) is 25.9 Å². The van der Waals surface area contributed by atoms with Crippen LogP contribution in [0.2, 0.25) is 0 Å². The molecule has 0 aliphatic carbocycles. The average molecular weight is 378 g/mol. The lowest BCUT2D eigenvalue weighted by molar-refractivity contribution is -0.274. The minimum Gasteiger partial charge on any atom is -0.405 e. The second-order valence-corrected chi connectivity index (χ2v) is 5.17. The number of likely N-dealkylation sites (N-methyl/N-ethyl adjacent to an activating group) is 1. The molecule has 0 spiro atoms. The Morgan fingerprint density at radius 3 is 2.45 bits per heavy atom. The summed E-state index contributed by atoms with van der Waals surface area (Å²) in [6.45, 7) is 3.10. The molecule has 1 unspecified atom stereocenters. The van der Waals surface area contributed by atoms with Crippen LogP contribution >= 0.6 is 28.3 Å². The summed E-state index contributed by atoms with van der Waals surface area (Å²) in [7, 11) is 1.91. The maximum Gasteiger partial charge on any atom is 0.573 e. The standard InChI is InChI=1S/C12H16BrF3N2O.ClH/c1-8(6-17)18(2)7-9-3-4-11(10(13)5-9)19-12(14,15)16;/h3-5,8H,6-7,17H2,1-2H3;1H. The van der Waals surface area contributed by atoms with Crippen molar-refractivity contribution >= 4 is 28.3 Å². The van der Waals surface area contributed by atoms with Crippen LogP contribution in [0.3, 0.4) is 0 Å². The Labute approximate surface area is 130 Å². The largest absolute Gasteiger partial charge is 0.573 e. The van der Waals surface area contributed by atoms with Crippen LogP contribution in [-0.2, 0) is 6.54 Å². The van der Waals surface area contributed by atoms with Gasteiger partial charge in [0.1, 0.15) is 5.75 Å². The number of benzene rings is 1. The van der Waals surface area contributed by atoms with Gasteiger partial charge in [-0.05, 0) is 47.6 Å². The number of rotatable bonds is 5. The monoisotopic (exact) mass is 376 g/mol. The van der Waals surface area contributed by atoms with Gasteiger partial charge in [-0.1, -0.05) is 6.07 Å². The van der Waals surface area contributed by atoms with Crippen LogP contribution in [0.4, 0.5) is 13.2 Å². The van der Waals surface area contributed by atoms with Crippen molar-refractivity contribution in [3.8, 4) is 5.75 Å². The van der Waals surface area contributed by atoms with Crippen molar-refractivity contribution in [2.75, 3.05) is 13.6 Å². The first-order chi connectivity index (χ1) is 8.73. The predicted octanol–water partition coefficient (Wildman–Crippen LogP) is 3.55. The maximum atomic E-state index is 12.1. The van der Waals surface area contributed by atoms with E-state index < -0.39 is 6.36 Å². The molecule has 0 fully saturated rings. The molecule has 116 valence electrons. The van der Waals surface area contributed by atoms with Gasteiger partial charge in [-0.3, -0.25) is 4.90 Å². The van der Waals surface area contributed by atoms with Gasteiger partial charge in [-0.25, -0.2) is 0 Å². The van der Waals surface area contributed by atoms with E-state index in [2.05, 4.69) is 20.7 Å². The summed E-state index contributed by atoms with van der Waals surface area (Å²) in [5, 5.41) is 0. The molecule has 8 heteroatoms. The Bertz CT molecular complexity index is 432. The number of hydrogen-bond acceptors (Lipinski definition) is 3. The normalized spacial score (nSPS) is 13.0. The lowest BCUT2D eigenvalue weighted by Crippen LogP contribution is -2.34. The fraction of sp³-hybridized carbons (Fsp3) is 0.500. The third-order valence-electron chi connectivity index (χ3n) is 2.75. The molecule has 1 aromatic carbocycles. The molecule has 3 nitrogen and oxygen atoms in total. The van der Waals surface area contributed by atoms with Crippen molar-refractivity contribution < 1.29 is 17.9 Å². The highest BCUT2D eigenvalue weighted by Gasteiger charge is 2.31. The molecule has 1 atom stereocenters. The molecule has 0 bridgehead atoms. The zero-order valence-corrected chi connectivity index (χ0v) is 13.5. The van der Waals surface area contributed by atoms with E-state index in [0.29, 0.717) is 13.1 Å². The second-order valence-electron chi connectivity index (χ2n) is 4.31. The minimum atomic E-state index is -4.69. The summed E-state index contributed by atoms with van der Waals surface area (Å²) in [6.07, 6.45) is -4.69. The fourth-order valence-corrected chi connectivity index (χ4v) is 1.98. The van der Waals surface area contributed by atoms with Gasteiger partial charge in [0.15, 0.2) is 0 Å². The van der Waals surface area contributed by atoms with Gasteiger partial charge >= 0.3 is 6.36 Å². The molecule has 0 aliphatic heterocycles. The highest BCUT2D eigenvalue weighted by atomic mass is 79.9. The zero-order chi connectivity index (χ0) is 14.6. The Kier molecular flexibility index (Phi) is 7.87. The van der Waals surface area contributed by atoms with E-state index in [1.165, 1.54) is 6.07 Å². The van der Waals surface area contributed by atoms with E-state index in [1.807, 2.05) is 18.9 Å². The Hall–Kier alpha value is -0.500. The number of nitrogens with zero attached hydrogens (tertiary/aromatic N) is 1. The zero-order valence-electron chi connectivity index (χ0n) is 11.1. The summed E-state index contributed by atoms with van der Waals surface area (Å²) < 4.78 is 40.5. The summed E-state index contributed by atoms with van der Waals surface area (Å²) in [4.78, 5) is 2.02. The molecular weight excluding hydrogens is 360 g/mol. The van der Waals surface area contributed by atoms with Crippen LogP contribution in [0, 0.1) is 0 Å². The lowest BCUT2D eigenvalue weighted by Gasteiger charge is -2.23. The van der Waals surface area contributed by atoms with Crippen LogP contribution < -0.4 is 10.5 Å². The smallest absolute Gasteiger partial charge is 0.405 e. The van der Waals surface area contributed by atoms with Gasteiger partial charge in [0.2, 0.25) is 0 Å². The van der Waals surface area contributed by atoms with Gasteiger partial charge in [-0.15, -0.1) is 25.6 Å². The van der Waals surface area contributed by atoms with E-state index in [9.17, 15) is 13.2 Å². The van der Waals surface area contributed by atoms with E-state index >= 15 is 0 Å². The average Bonchev–Trinajstić information content (AvgIpc) is 2.30.